The molecule has 0 aromatic carbocycles. The Kier molecular flexibility index (Phi) is 4.55. The summed E-state index contributed by atoms with van der Waals surface area (Å²) >= 11 is 0. The summed E-state index contributed by atoms with van der Waals surface area (Å²) < 4.78 is 18.2. The van der Waals surface area contributed by atoms with Crippen LogP contribution in [0.1, 0.15) is 12.8 Å². The number of rotatable bonds is 4. The second-order valence-corrected chi connectivity index (χ2v) is 16.2. The highest BCUT2D eigenvalue weighted by molar-refractivity contribution is 6.92. The van der Waals surface area contributed by atoms with Crippen LogP contribution in [0, 0.1) is 0 Å². The van der Waals surface area contributed by atoms with Crippen LogP contribution >= 0.6 is 0 Å². The van der Waals surface area contributed by atoms with Crippen LogP contribution in [-0.4, -0.2) is 37.4 Å². The highest BCUT2D eigenvalue weighted by atomic mass is 28.5. The van der Waals surface area contributed by atoms with Crippen molar-refractivity contribution in [1.82, 2.24) is 0 Å². The maximum Gasteiger partial charge on any atom is 0.317 e. The molecule has 0 spiro atoms. The van der Waals surface area contributed by atoms with Gasteiger partial charge in [-0.1, -0.05) is 0 Å². The number of hydrogen-bond acceptors (Lipinski definition) is 4. The average Bonchev–Trinajstić information content (AvgIpc) is 1.96. The van der Waals surface area contributed by atoms with E-state index >= 15 is 0 Å². The molecule has 4 nitrogen and oxygen atoms in total. The molecule has 1 heterocycles. The van der Waals surface area contributed by atoms with Gasteiger partial charge >= 0.3 is 25.7 Å². The molecule has 0 aliphatic carbocycles. The summed E-state index contributed by atoms with van der Waals surface area (Å²) in [5.41, 5.74) is 0. The molecular formula is C9H24O4Si3. The zero-order valence-corrected chi connectivity index (χ0v) is 14.0. The molecular weight excluding hydrogens is 256 g/mol. The normalized spacial score (nSPS) is 26.6. The van der Waals surface area contributed by atoms with Gasteiger partial charge in [0, 0.05) is 6.61 Å². The van der Waals surface area contributed by atoms with E-state index in [1.165, 1.54) is 0 Å². The zero-order valence-electron chi connectivity index (χ0n) is 11.0. The van der Waals surface area contributed by atoms with Crippen LogP contribution in [0.25, 0.3) is 0 Å². The van der Waals surface area contributed by atoms with E-state index in [1.54, 1.807) is 0 Å². The van der Waals surface area contributed by atoms with Crippen molar-refractivity contribution < 1.29 is 17.5 Å². The smallest absolute Gasteiger partial charge is 0.317 e. The van der Waals surface area contributed by atoms with E-state index in [1.807, 2.05) is 0 Å². The Labute approximate surface area is 102 Å². The Morgan fingerprint density at radius 3 is 1.75 bits per heavy atom. The highest BCUT2D eigenvalue weighted by Crippen LogP contribution is 2.33. The van der Waals surface area contributed by atoms with Gasteiger partial charge in [-0.2, -0.15) is 0 Å². The van der Waals surface area contributed by atoms with E-state index in [0.29, 0.717) is 0 Å². The minimum atomic E-state index is -2.06. The molecule has 1 rings (SSSR count). The van der Waals surface area contributed by atoms with Gasteiger partial charge in [0.1, 0.15) is 0 Å². The third-order valence-corrected chi connectivity index (χ3v) is 15.0. The monoisotopic (exact) mass is 280 g/mol. The molecule has 0 atom stereocenters. The maximum absolute atomic E-state index is 8.81. The minimum Gasteiger partial charge on any atom is -0.416 e. The van der Waals surface area contributed by atoms with Crippen LogP contribution < -0.4 is 0 Å². The second-order valence-electron chi connectivity index (χ2n) is 5.42. The zero-order chi connectivity index (χ0) is 12.4. The van der Waals surface area contributed by atoms with Crippen molar-refractivity contribution in [3.8, 4) is 0 Å². The molecule has 1 aliphatic rings. The minimum absolute atomic E-state index is 0.253. The van der Waals surface area contributed by atoms with Crippen LogP contribution in [0.3, 0.4) is 0 Å². The van der Waals surface area contributed by atoms with Crippen LogP contribution in [0.2, 0.25) is 38.8 Å². The molecule has 0 bridgehead atoms. The molecule has 1 saturated heterocycles. The fourth-order valence-corrected chi connectivity index (χ4v) is 18.7. The molecule has 1 aliphatic heterocycles. The van der Waals surface area contributed by atoms with Gasteiger partial charge in [0.2, 0.25) is 0 Å². The lowest BCUT2D eigenvalue weighted by Gasteiger charge is -2.48. The molecule has 0 aromatic heterocycles. The first-order valence-electron chi connectivity index (χ1n) is 5.89. The third kappa shape index (κ3) is 4.40. The van der Waals surface area contributed by atoms with Gasteiger partial charge in [-0.25, -0.2) is 0 Å². The summed E-state index contributed by atoms with van der Waals surface area (Å²) in [6, 6.07) is 0.962. The lowest BCUT2D eigenvalue weighted by molar-refractivity contribution is 0.229. The standard InChI is InChI=1S/C9H24O4Si3/c1-14(2)11-15(3,4)13-16(5,12-14)9-7-6-8-10/h10H,6-9H2,1-5H3. The van der Waals surface area contributed by atoms with Gasteiger partial charge in [-0.3, -0.25) is 0 Å². The summed E-state index contributed by atoms with van der Waals surface area (Å²) in [7, 11) is -6.03. The largest absolute Gasteiger partial charge is 0.416 e. The SMILES string of the molecule is C[Si]1(C)O[Si](C)(C)O[Si](C)(CCCCO)O1. The third-order valence-electron chi connectivity index (χ3n) is 2.45. The fourth-order valence-electron chi connectivity index (χ4n) is 2.35. The molecule has 0 radical (unpaired) electrons. The Bertz CT molecular complexity index is 229. The van der Waals surface area contributed by atoms with E-state index in [2.05, 4.69) is 32.7 Å². The summed E-state index contributed by atoms with van der Waals surface area (Å²) in [6.07, 6.45) is 1.81. The number of unbranched alkanes of at least 4 members (excludes halogenated alkanes) is 1. The lowest BCUT2D eigenvalue weighted by Crippen LogP contribution is -2.65. The predicted octanol–water partition coefficient (Wildman–Crippen LogP) is 2.30. The summed E-state index contributed by atoms with van der Waals surface area (Å²) in [5.74, 6) is 0. The number of aliphatic hydroxyl groups is 1. The Balaban J connectivity index is 2.64. The van der Waals surface area contributed by atoms with Crippen LogP contribution in [0.15, 0.2) is 0 Å². The Hall–Kier alpha value is 0.491. The molecule has 96 valence electrons. The second kappa shape index (κ2) is 5.01. The maximum atomic E-state index is 8.81. The molecule has 0 aromatic rings. The Morgan fingerprint density at radius 2 is 1.31 bits per heavy atom. The summed E-state index contributed by atoms with van der Waals surface area (Å²) in [4.78, 5) is 0. The van der Waals surface area contributed by atoms with Crippen LogP contribution in [0.5, 0.6) is 0 Å². The van der Waals surface area contributed by atoms with Crippen LogP contribution in [0.4, 0.5) is 0 Å². The van der Waals surface area contributed by atoms with Crippen molar-refractivity contribution in [2.75, 3.05) is 6.61 Å². The van der Waals surface area contributed by atoms with E-state index in [-0.39, 0.29) is 6.61 Å². The quantitative estimate of drug-likeness (QED) is 0.634. The fraction of sp³-hybridized carbons (Fsp3) is 1.00. The van der Waals surface area contributed by atoms with Crippen molar-refractivity contribution in [2.24, 2.45) is 0 Å². The molecule has 1 fully saturated rings. The van der Waals surface area contributed by atoms with E-state index in [4.69, 9.17) is 17.5 Å². The molecule has 0 saturated carbocycles. The van der Waals surface area contributed by atoms with Gasteiger partial charge in [-0.05, 0) is 51.6 Å². The first-order chi connectivity index (χ1) is 7.18. The van der Waals surface area contributed by atoms with Crippen molar-refractivity contribution in [3.05, 3.63) is 0 Å². The van der Waals surface area contributed by atoms with Gasteiger partial charge in [0.15, 0.2) is 0 Å². The van der Waals surface area contributed by atoms with Crippen molar-refractivity contribution >= 4 is 25.7 Å². The van der Waals surface area contributed by atoms with Crippen molar-refractivity contribution in [2.45, 2.75) is 51.6 Å². The first kappa shape index (κ1) is 14.6. The van der Waals surface area contributed by atoms with Gasteiger partial charge < -0.3 is 17.5 Å². The summed E-state index contributed by atoms with van der Waals surface area (Å²) in [6.45, 7) is 10.8. The lowest BCUT2D eigenvalue weighted by atomic mass is 10.4. The van der Waals surface area contributed by atoms with E-state index in [0.717, 1.165) is 18.9 Å². The molecule has 0 amide bonds. The Morgan fingerprint density at radius 1 is 0.812 bits per heavy atom. The van der Waals surface area contributed by atoms with Crippen LogP contribution in [-0.2, 0) is 12.3 Å². The number of aliphatic hydroxyl groups excluding tert-OH is 1. The predicted molar refractivity (Wildman–Crippen MR) is 71.0 cm³/mol. The van der Waals surface area contributed by atoms with E-state index < -0.39 is 25.7 Å². The van der Waals surface area contributed by atoms with Crippen molar-refractivity contribution in [1.29, 1.82) is 0 Å². The molecule has 1 N–H and O–H groups in total. The van der Waals surface area contributed by atoms with Crippen molar-refractivity contribution in [3.63, 3.8) is 0 Å². The highest BCUT2D eigenvalue weighted by Gasteiger charge is 2.52. The molecule has 0 unspecified atom stereocenters. The van der Waals surface area contributed by atoms with E-state index in [9.17, 15) is 0 Å². The van der Waals surface area contributed by atoms with Gasteiger partial charge in [0.25, 0.3) is 0 Å². The molecule has 16 heavy (non-hydrogen) atoms. The topological polar surface area (TPSA) is 47.9 Å². The van der Waals surface area contributed by atoms with Gasteiger partial charge in [-0.15, -0.1) is 0 Å². The molecule has 7 heteroatoms. The summed E-state index contributed by atoms with van der Waals surface area (Å²) in [5, 5.41) is 8.81. The van der Waals surface area contributed by atoms with Gasteiger partial charge in [0.05, 0.1) is 0 Å². The average molecular weight is 281 g/mol. The first-order valence-corrected chi connectivity index (χ1v) is 14.1. The number of hydrogen-bond donors (Lipinski definition) is 1.